The van der Waals surface area contributed by atoms with Crippen molar-refractivity contribution in [3.8, 4) is 5.75 Å². The maximum absolute atomic E-state index is 5.39. The van der Waals surface area contributed by atoms with Gasteiger partial charge in [0.05, 0.1) is 24.5 Å². The van der Waals surface area contributed by atoms with Gasteiger partial charge in [0.1, 0.15) is 5.75 Å². The van der Waals surface area contributed by atoms with Crippen LogP contribution in [0.15, 0.2) is 42.6 Å². The zero-order valence-electron chi connectivity index (χ0n) is 11.1. The molecule has 0 spiro atoms. The Bertz CT molecular complexity index is 568. The summed E-state index contributed by atoms with van der Waals surface area (Å²) in [4.78, 5) is 4.55. The molecule has 0 fully saturated rings. The van der Waals surface area contributed by atoms with Crippen LogP contribution in [0.5, 0.6) is 5.75 Å². The van der Waals surface area contributed by atoms with Crippen molar-refractivity contribution >= 4 is 5.69 Å². The predicted molar refractivity (Wildman–Crippen MR) is 76.5 cm³/mol. The second-order valence-corrected chi connectivity index (χ2v) is 4.84. The fourth-order valence-electron chi connectivity index (χ4n) is 2.70. The van der Waals surface area contributed by atoms with E-state index in [0.717, 1.165) is 24.3 Å². The van der Waals surface area contributed by atoms with Crippen molar-refractivity contribution in [2.24, 2.45) is 0 Å². The smallest absolute Gasteiger partial charge is 0.141 e. The summed E-state index contributed by atoms with van der Waals surface area (Å²) in [6.45, 7) is 0. The van der Waals surface area contributed by atoms with Gasteiger partial charge in [-0.3, -0.25) is 4.98 Å². The summed E-state index contributed by atoms with van der Waals surface area (Å²) in [6, 6.07) is 12.5. The van der Waals surface area contributed by atoms with Crippen molar-refractivity contribution in [3.63, 3.8) is 0 Å². The van der Waals surface area contributed by atoms with Crippen molar-refractivity contribution in [2.45, 2.75) is 25.3 Å². The molecule has 3 heteroatoms. The highest BCUT2D eigenvalue weighted by Gasteiger charge is 2.21. The van der Waals surface area contributed by atoms with Crippen LogP contribution >= 0.6 is 0 Å². The lowest BCUT2D eigenvalue weighted by Crippen LogP contribution is -2.19. The SMILES string of the molecule is COc1ccccc1NC1CCCc2cccnc21. The van der Waals surface area contributed by atoms with Gasteiger partial charge in [-0.15, -0.1) is 0 Å². The number of benzene rings is 1. The van der Waals surface area contributed by atoms with Gasteiger partial charge in [-0.2, -0.15) is 0 Å². The second kappa shape index (κ2) is 5.31. The first-order valence-electron chi connectivity index (χ1n) is 6.72. The highest BCUT2D eigenvalue weighted by Crippen LogP contribution is 2.33. The number of fused-ring (bicyclic) bond motifs is 1. The van der Waals surface area contributed by atoms with E-state index in [2.05, 4.69) is 22.4 Å². The van der Waals surface area contributed by atoms with Gasteiger partial charge in [-0.05, 0) is 43.0 Å². The lowest BCUT2D eigenvalue weighted by atomic mass is 9.92. The molecule has 0 saturated heterocycles. The van der Waals surface area contributed by atoms with Crippen LogP contribution in [0.2, 0.25) is 0 Å². The maximum atomic E-state index is 5.39. The summed E-state index contributed by atoms with van der Waals surface area (Å²) >= 11 is 0. The number of rotatable bonds is 3. The van der Waals surface area contributed by atoms with Crippen LogP contribution in [0.1, 0.15) is 30.1 Å². The number of para-hydroxylation sites is 2. The minimum atomic E-state index is 0.279. The zero-order valence-corrected chi connectivity index (χ0v) is 11.1. The van der Waals surface area contributed by atoms with E-state index in [1.807, 2.05) is 30.5 Å². The summed E-state index contributed by atoms with van der Waals surface area (Å²) < 4.78 is 5.39. The maximum Gasteiger partial charge on any atom is 0.141 e. The average Bonchev–Trinajstić information content (AvgIpc) is 2.48. The van der Waals surface area contributed by atoms with Crippen LogP contribution in [0, 0.1) is 0 Å². The van der Waals surface area contributed by atoms with Crippen molar-refractivity contribution in [3.05, 3.63) is 53.9 Å². The first kappa shape index (κ1) is 12.0. The molecule has 1 aromatic heterocycles. The molecule has 3 nitrogen and oxygen atoms in total. The van der Waals surface area contributed by atoms with E-state index in [-0.39, 0.29) is 6.04 Å². The van der Waals surface area contributed by atoms with Crippen LogP contribution in [0.4, 0.5) is 5.69 Å². The average molecular weight is 254 g/mol. The van der Waals surface area contributed by atoms with Crippen LogP contribution < -0.4 is 10.1 Å². The van der Waals surface area contributed by atoms with Gasteiger partial charge >= 0.3 is 0 Å². The lowest BCUT2D eigenvalue weighted by Gasteiger charge is -2.26. The number of hydrogen-bond donors (Lipinski definition) is 1. The normalized spacial score (nSPS) is 17.6. The molecular formula is C16H18N2O. The van der Waals surface area contributed by atoms with E-state index < -0.39 is 0 Å². The molecule has 1 unspecified atom stereocenters. The van der Waals surface area contributed by atoms with Gasteiger partial charge in [0.2, 0.25) is 0 Å². The molecule has 98 valence electrons. The Labute approximate surface area is 113 Å². The molecule has 1 aliphatic rings. The molecule has 1 atom stereocenters. The number of pyridine rings is 1. The highest BCUT2D eigenvalue weighted by molar-refractivity contribution is 5.57. The number of aromatic nitrogens is 1. The van der Waals surface area contributed by atoms with Crippen molar-refractivity contribution in [1.29, 1.82) is 0 Å². The van der Waals surface area contributed by atoms with Crippen LogP contribution in [0.25, 0.3) is 0 Å². The Hall–Kier alpha value is -2.03. The molecule has 0 bridgehead atoms. The molecule has 1 aromatic carbocycles. The molecule has 0 radical (unpaired) electrons. The van der Waals surface area contributed by atoms with E-state index in [9.17, 15) is 0 Å². The number of aryl methyl sites for hydroxylation is 1. The van der Waals surface area contributed by atoms with Gasteiger partial charge in [-0.25, -0.2) is 0 Å². The first-order chi connectivity index (χ1) is 9.38. The monoisotopic (exact) mass is 254 g/mol. The third-order valence-corrected chi connectivity index (χ3v) is 3.63. The third kappa shape index (κ3) is 2.41. The number of nitrogens with one attached hydrogen (secondary N) is 1. The molecule has 1 N–H and O–H groups in total. The molecule has 1 heterocycles. The van der Waals surface area contributed by atoms with E-state index >= 15 is 0 Å². The Balaban J connectivity index is 1.88. The number of hydrogen-bond acceptors (Lipinski definition) is 3. The minimum Gasteiger partial charge on any atom is -0.495 e. The third-order valence-electron chi connectivity index (χ3n) is 3.63. The summed E-state index contributed by atoms with van der Waals surface area (Å²) in [6.07, 6.45) is 5.32. The van der Waals surface area contributed by atoms with Crippen molar-refractivity contribution < 1.29 is 4.74 Å². The number of nitrogens with zero attached hydrogens (tertiary/aromatic N) is 1. The van der Waals surface area contributed by atoms with Crippen molar-refractivity contribution in [1.82, 2.24) is 4.98 Å². The van der Waals surface area contributed by atoms with E-state index in [0.29, 0.717) is 0 Å². The zero-order chi connectivity index (χ0) is 13.1. The Morgan fingerprint density at radius 3 is 3.00 bits per heavy atom. The highest BCUT2D eigenvalue weighted by atomic mass is 16.5. The largest absolute Gasteiger partial charge is 0.495 e. The fourth-order valence-corrected chi connectivity index (χ4v) is 2.70. The second-order valence-electron chi connectivity index (χ2n) is 4.84. The van der Waals surface area contributed by atoms with Gasteiger partial charge in [0.25, 0.3) is 0 Å². The van der Waals surface area contributed by atoms with Crippen LogP contribution in [-0.2, 0) is 6.42 Å². The predicted octanol–water partition coefficient (Wildman–Crippen LogP) is 3.58. The summed E-state index contributed by atoms with van der Waals surface area (Å²) in [7, 11) is 1.70. The lowest BCUT2D eigenvalue weighted by molar-refractivity contribution is 0.415. The molecule has 0 saturated carbocycles. The summed E-state index contributed by atoms with van der Waals surface area (Å²) in [5.41, 5.74) is 3.58. The topological polar surface area (TPSA) is 34.1 Å². The number of ether oxygens (including phenoxy) is 1. The summed E-state index contributed by atoms with van der Waals surface area (Å²) in [5.74, 6) is 0.880. The van der Waals surface area contributed by atoms with E-state index in [1.54, 1.807) is 7.11 Å². The van der Waals surface area contributed by atoms with Crippen LogP contribution in [-0.4, -0.2) is 12.1 Å². The van der Waals surface area contributed by atoms with E-state index in [1.165, 1.54) is 17.7 Å². The van der Waals surface area contributed by atoms with Gasteiger partial charge in [-0.1, -0.05) is 18.2 Å². The van der Waals surface area contributed by atoms with E-state index in [4.69, 9.17) is 4.74 Å². The molecule has 19 heavy (non-hydrogen) atoms. The molecule has 1 aliphatic carbocycles. The Morgan fingerprint density at radius 1 is 1.21 bits per heavy atom. The number of methoxy groups -OCH3 is 1. The van der Waals surface area contributed by atoms with Gasteiger partial charge < -0.3 is 10.1 Å². The van der Waals surface area contributed by atoms with Gasteiger partial charge in [0, 0.05) is 6.20 Å². The first-order valence-corrected chi connectivity index (χ1v) is 6.72. The van der Waals surface area contributed by atoms with Crippen molar-refractivity contribution in [2.75, 3.05) is 12.4 Å². The molecular weight excluding hydrogens is 236 g/mol. The molecule has 0 amide bonds. The number of anilines is 1. The molecule has 0 aliphatic heterocycles. The minimum absolute atomic E-state index is 0.279. The Morgan fingerprint density at radius 2 is 2.11 bits per heavy atom. The summed E-state index contributed by atoms with van der Waals surface area (Å²) in [5, 5.41) is 3.57. The fraction of sp³-hybridized carbons (Fsp3) is 0.312. The molecule has 3 rings (SSSR count). The van der Waals surface area contributed by atoms with Crippen LogP contribution in [0.3, 0.4) is 0 Å². The molecule has 2 aromatic rings. The van der Waals surface area contributed by atoms with Gasteiger partial charge in [0.15, 0.2) is 0 Å². The standard InChI is InChI=1S/C16H18N2O/c1-19-15-10-3-2-8-13(15)18-14-9-4-6-12-7-5-11-17-16(12)14/h2-3,5,7-8,10-11,14,18H,4,6,9H2,1H3. The Kier molecular flexibility index (Phi) is 3.36. The quantitative estimate of drug-likeness (QED) is 0.909.